The predicted octanol–water partition coefficient (Wildman–Crippen LogP) is 2.41. The number of carbonyl (C=O) groups excluding carboxylic acids is 1. The first kappa shape index (κ1) is 42.3. The van der Waals surface area contributed by atoms with Gasteiger partial charge < -0.3 is 58.5 Å². The molecule has 4 aliphatic rings. The fourth-order valence-corrected chi connectivity index (χ4v) is 8.61. The normalized spacial score (nSPS) is 50.3. The van der Waals surface area contributed by atoms with Crippen LogP contribution in [0.4, 0.5) is 0 Å². The summed E-state index contributed by atoms with van der Waals surface area (Å²) in [6, 6.07) is -1.04. The summed E-state index contributed by atoms with van der Waals surface area (Å²) in [5.41, 5.74) is -3.91. The van der Waals surface area contributed by atoms with Crippen molar-refractivity contribution in [2.45, 2.75) is 185 Å². The second kappa shape index (κ2) is 16.1. The molecule has 14 heteroatoms. The zero-order valence-corrected chi connectivity index (χ0v) is 32.9. The first-order valence-electron chi connectivity index (χ1n) is 18.7. The highest BCUT2D eigenvalue weighted by atomic mass is 16.7. The third-order valence-electron chi connectivity index (χ3n) is 11.9. The molecule has 0 radical (unpaired) electrons. The summed E-state index contributed by atoms with van der Waals surface area (Å²) in [5, 5.41) is 45.5. The smallest absolute Gasteiger partial charge is 0.311 e. The third kappa shape index (κ3) is 8.60. The molecule has 0 saturated carbocycles. The van der Waals surface area contributed by atoms with Gasteiger partial charge in [-0.3, -0.25) is 4.79 Å². The van der Waals surface area contributed by atoms with Crippen LogP contribution in [0.3, 0.4) is 0 Å². The lowest BCUT2D eigenvalue weighted by Crippen LogP contribution is -2.60. The van der Waals surface area contributed by atoms with Crippen molar-refractivity contribution in [2.75, 3.05) is 21.2 Å². The molecule has 3 saturated heterocycles. The first-order chi connectivity index (χ1) is 23.6. The molecule has 14 nitrogen and oxygen atoms in total. The fraction of sp³-hybridized carbons (Fsp3) is 0.946. The van der Waals surface area contributed by atoms with Gasteiger partial charge in [0.2, 0.25) is 0 Å². The van der Waals surface area contributed by atoms with Crippen LogP contribution in [0.15, 0.2) is 4.99 Å². The van der Waals surface area contributed by atoms with Crippen molar-refractivity contribution in [3.05, 3.63) is 0 Å². The number of hydrogen-bond acceptors (Lipinski definition) is 14. The van der Waals surface area contributed by atoms with Crippen molar-refractivity contribution in [3.8, 4) is 0 Å². The standard InChI is InChI=1S/C37H66N2O12/c1-14-25-37(10,44)29(41)22(6)38-32-18(2)16-36(9,51-32)31(50-34-27(40)24(39(11)12)15-19(3)46-34)20(4)28(21(5)33(43)48-25)49-26-17-35(8,45-13)30(42)23(7)47-26/h18-31,34,40-42,44H,14-17H2,1-13H3/t18-,19-,20+,21-,22-,23-,24?,25-,26+,27?,28+,29-,30+,31-,34+,35?,36-,37-/m1/s1. The summed E-state index contributed by atoms with van der Waals surface area (Å²) in [6.45, 7) is 17.8. The van der Waals surface area contributed by atoms with Crippen LogP contribution >= 0.6 is 0 Å². The molecule has 0 amide bonds. The van der Waals surface area contributed by atoms with Crippen molar-refractivity contribution in [1.82, 2.24) is 4.90 Å². The Morgan fingerprint density at radius 2 is 1.61 bits per heavy atom. The number of fused-ring (bicyclic) bond motifs is 2. The van der Waals surface area contributed by atoms with Gasteiger partial charge in [-0.1, -0.05) is 20.8 Å². The topological polar surface area (TPSA) is 178 Å². The summed E-state index contributed by atoms with van der Waals surface area (Å²) >= 11 is 0. The quantitative estimate of drug-likeness (QED) is 0.281. The molecule has 0 spiro atoms. The minimum Gasteiger partial charge on any atom is -0.472 e. The SMILES string of the molecule is CC[C@H]1OC(=O)[C@H](C)[C@@H](O[C@H]2CC(C)(OC)[C@@H](O)[C@@H](C)O2)[C@H](C)[C@@H](O[C@@H]2O[C@H](C)CC(N(C)C)C2O)[C@@]2(C)C[C@@H](C)C(=N[C@H](C)[C@@H](O)[C@]1(C)O)O2. The van der Waals surface area contributed by atoms with E-state index in [0.29, 0.717) is 18.7 Å². The summed E-state index contributed by atoms with van der Waals surface area (Å²) in [6.07, 6.45) is -7.53. The Bertz CT molecular complexity index is 1220. The average molecular weight is 731 g/mol. The molecule has 0 aromatic rings. The largest absolute Gasteiger partial charge is 0.472 e. The van der Waals surface area contributed by atoms with Gasteiger partial charge in [-0.05, 0) is 75.4 Å². The van der Waals surface area contributed by atoms with E-state index in [2.05, 4.69) is 0 Å². The molecule has 51 heavy (non-hydrogen) atoms. The van der Waals surface area contributed by atoms with Gasteiger partial charge in [0.15, 0.2) is 18.5 Å². The Labute approximate surface area is 304 Å². The van der Waals surface area contributed by atoms with Crippen molar-refractivity contribution in [3.63, 3.8) is 0 Å². The molecule has 4 aliphatic heterocycles. The number of esters is 1. The van der Waals surface area contributed by atoms with Gasteiger partial charge in [0.05, 0.1) is 35.9 Å². The summed E-state index contributed by atoms with van der Waals surface area (Å²) in [5.74, 6) is -2.03. The minimum atomic E-state index is -1.84. The number of rotatable bonds is 7. The van der Waals surface area contributed by atoms with Crippen LogP contribution in [0.25, 0.3) is 0 Å². The van der Waals surface area contributed by atoms with Crippen LogP contribution in [0.2, 0.25) is 0 Å². The number of carbonyl (C=O) groups is 1. The molecule has 3 unspecified atom stereocenters. The number of hydrogen-bond donors (Lipinski definition) is 4. The van der Waals surface area contributed by atoms with E-state index in [-0.39, 0.29) is 30.9 Å². The van der Waals surface area contributed by atoms with Gasteiger partial charge in [-0.25, -0.2) is 4.99 Å². The Morgan fingerprint density at radius 1 is 0.961 bits per heavy atom. The van der Waals surface area contributed by atoms with E-state index in [9.17, 15) is 25.2 Å². The van der Waals surface area contributed by atoms with Crippen LogP contribution in [0, 0.1) is 17.8 Å². The molecule has 4 N–H and O–H groups in total. The zero-order chi connectivity index (χ0) is 38.4. The van der Waals surface area contributed by atoms with Crippen LogP contribution < -0.4 is 0 Å². The predicted molar refractivity (Wildman–Crippen MR) is 188 cm³/mol. The number of likely N-dealkylation sites (N-methyl/N-ethyl adjacent to an activating group) is 1. The van der Waals surface area contributed by atoms with Gasteiger partial charge in [-0.15, -0.1) is 0 Å². The molecule has 4 rings (SSSR count). The number of aliphatic hydroxyl groups is 4. The minimum absolute atomic E-state index is 0.163. The molecule has 0 aliphatic carbocycles. The lowest BCUT2D eigenvalue weighted by atomic mass is 9.79. The van der Waals surface area contributed by atoms with Gasteiger partial charge >= 0.3 is 5.97 Å². The van der Waals surface area contributed by atoms with E-state index in [1.807, 2.05) is 46.7 Å². The van der Waals surface area contributed by atoms with Crippen LogP contribution in [-0.4, -0.2) is 149 Å². The van der Waals surface area contributed by atoms with E-state index in [1.165, 1.54) is 14.0 Å². The number of aliphatic imine (C=N–C) groups is 1. The van der Waals surface area contributed by atoms with Crippen LogP contribution in [-0.2, 0) is 38.0 Å². The molecule has 4 heterocycles. The lowest BCUT2D eigenvalue weighted by molar-refractivity contribution is -0.315. The summed E-state index contributed by atoms with van der Waals surface area (Å²) in [4.78, 5) is 20.9. The Morgan fingerprint density at radius 3 is 2.20 bits per heavy atom. The molecule has 18 atom stereocenters. The first-order valence-corrected chi connectivity index (χ1v) is 18.7. The lowest BCUT2D eigenvalue weighted by Gasteiger charge is -2.48. The van der Waals surface area contributed by atoms with Gasteiger partial charge in [0.1, 0.15) is 41.7 Å². The van der Waals surface area contributed by atoms with E-state index < -0.39 is 96.0 Å². The number of cyclic esters (lactones) is 1. The second-order valence-corrected chi connectivity index (χ2v) is 16.5. The fourth-order valence-electron chi connectivity index (χ4n) is 8.61. The highest BCUT2D eigenvalue weighted by Crippen LogP contribution is 2.44. The summed E-state index contributed by atoms with van der Waals surface area (Å²) in [7, 11) is 5.33. The molecular weight excluding hydrogens is 664 g/mol. The second-order valence-electron chi connectivity index (χ2n) is 16.5. The molecule has 3 fully saturated rings. The van der Waals surface area contributed by atoms with Crippen molar-refractivity contribution in [2.24, 2.45) is 22.7 Å². The van der Waals surface area contributed by atoms with E-state index in [4.69, 9.17) is 38.2 Å². The van der Waals surface area contributed by atoms with E-state index >= 15 is 0 Å². The Balaban J connectivity index is 1.85. The highest BCUT2D eigenvalue weighted by molar-refractivity contribution is 5.81. The van der Waals surface area contributed by atoms with Crippen molar-refractivity contribution < 1.29 is 58.4 Å². The molecule has 296 valence electrons. The van der Waals surface area contributed by atoms with Gasteiger partial charge in [0, 0.05) is 37.8 Å². The maximum Gasteiger partial charge on any atom is 0.311 e. The van der Waals surface area contributed by atoms with E-state index in [0.717, 1.165) is 0 Å². The maximum atomic E-state index is 14.2. The average Bonchev–Trinajstić information content (AvgIpc) is 3.35. The van der Waals surface area contributed by atoms with E-state index in [1.54, 1.807) is 34.6 Å². The number of methoxy groups -OCH3 is 1. The van der Waals surface area contributed by atoms with Crippen molar-refractivity contribution >= 4 is 11.9 Å². The monoisotopic (exact) mass is 730 g/mol. The number of ether oxygens (including phenoxy) is 7. The zero-order valence-electron chi connectivity index (χ0n) is 32.9. The third-order valence-corrected chi connectivity index (χ3v) is 11.9. The van der Waals surface area contributed by atoms with Crippen LogP contribution in [0.5, 0.6) is 0 Å². The highest BCUT2D eigenvalue weighted by Gasteiger charge is 2.56. The van der Waals surface area contributed by atoms with Gasteiger partial charge in [-0.2, -0.15) is 0 Å². The molecule has 0 aromatic carbocycles. The number of aliphatic hydroxyl groups excluding tert-OH is 3. The molecule has 2 bridgehead atoms. The maximum absolute atomic E-state index is 14.2. The van der Waals surface area contributed by atoms with Crippen LogP contribution in [0.1, 0.15) is 94.9 Å². The van der Waals surface area contributed by atoms with Gasteiger partial charge in [0.25, 0.3) is 0 Å². The number of nitrogens with zero attached hydrogens (tertiary/aromatic N) is 2. The van der Waals surface area contributed by atoms with Crippen molar-refractivity contribution in [1.29, 1.82) is 0 Å². The Hall–Kier alpha value is -1.46. The molecular formula is C37H66N2O12. The Kier molecular flexibility index (Phi) is 13.4. The molecule has 0 aromatic heterocycles. The summed E-state index contributed by atoms with van der Waals surface area (Å²) < 4.78 is 44.5.